The largest absolute Gasteiger partial charge is 0.493 e. The summed E-state index contributed by atoms with van der Waals surface area (Å²) in [5, 5.41) is 0. The first-order chi connectivity index (χ1) is 15.9. The van der Waals surface area contributed by atoms with Gasteiger partial charge in [0.1, 0.15) is 12.4 Å². The Morgan fingerprint density at radius 1 is 1.12 bits per heavy atom. The maximum atomic E-state index is 13.1. The minimum atomic E-state index is -0.297. The molecule has 0 atom stereocenters. The number of rotatable bonds is 6. The number of nitrogens with zero attached hydrogens (tertiary/aromatic N) is 1. The zero-order chi connectivity index (χ0) is 23.5. The van der Waals surface area contributed by atoms with Crippen molar-refractivity contribution in [2.45, 2.75) is 13.5 Å². The fourth-order valence-electron chi connectivity index (χ4n) is 3.23. The van der Waals surface area contributed by atoms with Crippen molar-refractivity contribution in [3.8, 4) is 11.5 Å². The zero-order valence-corrected chi connectivity index (χ0v) is 21.0. The molecule has 1 aliphatic heterocycles. The molecular weight excluding hydrogens is 525 g/mol. The number of benzene rings is 3. The zero-order valence-electron chi connectivity index (χ0n) is 17.8. The molecule has 8 heteroatoms. The molecule has 0 spiro atoms. The molecule has 4 nitrogen and oxygen atoms in total. The highest BCUT2D eigenvalue weighted by atomic mass is 79.9. The summed E-state index contributed by atoms with van der Waals surface area (Å²) in [4.78, 5) is 15.1. The van der Waals surface area contributed by atoms with E-state index in [0.717, 1.165) is 22.4 Å². The van der Waals surface area contributed by atoms with Crippen LogP contribution in [-0.2, 0) is 11.4 Å². The monoisotopic (exact) mass is 543 g/mol. The molecule has 4 rings (SSSR count). The second-order valence-corrected chi connectivity index (χ2v) is 9.83. The van der Waals surface area contributed by atoms with Crippen molar-refractivity contribution in [3.05, 3.63) is 92.5 Å². The third-order valence-corrected chi connectivity index (χ3v) is 6.82. The van der Waals surface area contributed by atoms with Gasteiger partial charge in [0.25, 0.3) is 5.91 Å². The molecule has 0 N–H and O–H groups in total. The molecule has 1 amide bonds. The maximum absolute atomic E-state index is 13.1. The lowest BCUT2D eigenvalue weighted by atomic mass is 10.1. The van der Waals surface area contributed by atoms with Crippen molar-refractivity contribution in [3.63, 3.8) is 0 Å². The van der Waals surface area contributed by atoms with Crippen molar-refractivity contribution in [2.75, 3.05) is 12.0 Å². The SMILES string of the molecule is COc1cc(/C=C2\SC(=S)N(c3ccc(C)cc3)C2=O)cc(Br)c1OCc1ccc(F)cc1. The summed E-state index contributed by atoms with van der Waals surface area (Å²) in [7, 11) is 1.55. The molecule has 168 valence electrons. The topological polar surface area (TPSA) is 38.8 Å². The van der Waals surface area contributed by atoms with E-state index in [1.165, 1.54) is 28.8 Å². The highest BCUT2D eigenvalue weighted by Gasteiger charge is 2.33. The average Bonchev–Trinajstić information content (AvgIpc) is 3.07. The summed E-state index contributed by atoms with van der Waals surface area (Å²) >= 11 is 10.3. The third-order valence-electron chi connectivity index (χ3n) is 4.93. The first-order valence-electron chi connectivity index (χ1n) is 9.95. The molecule has 0 radical (unpaired) electrons. The summed E-state index contributed by atoms with van der Waals surface area (Å²) in [6, 6.07) is 17.4. The summed E-state index contributed by atoms with van der Waals surface area (Å²) in [5.74, 6) is 0.563. The molecule has 1 heterocycles. The number of hydrogen-bond donors (Lipinski definition) is 0. The second-order valence-electron chi connectivity index (χ2n) is 7.30. The van der Waals surface area contributed by atoms with Crippen molar-refractivity contribution in [1.29, 1.82) is 0 Å². The van der Waals surface area contributed by atoms with Crippen molar-refractivity contribution in [2.24, 2.45) is 0 Å². The van der Waals surface area contributed by atoms with Crippen LogP contribution in [0.5, 0.6) is 11.5 Å². The fraction of sp³-hybridized carbons (Fsp3) is 0.120. The van der Waals surface area contributed by atoms with Gasteiger partial charge in [0.2, 0.25) is 0 Å². The normalized spacial score (nSPS) is 14.8. The Morgan fingerprint density at radius 3 is 2.48 bits per heavy atom. The smallest absolute Gasteiger partial charge is 0.270 e. The molecule has 0 aromatic heterocycles. The van der Waals surface area contributed by atoms with Crippen LogP contribution in [0.2, 0.25) is 0 Å². The Balaban J connectivity index is 1.57. The molecule has 1 fully saturated rings. The molecule has 3 aromatic rings. The minimum absolute atomic E-state index is 0.166. The number of thiocarbonyl (C=S) groups is 1. The van der Waals surface area contributed by atoms with E-state index in [9.17, 15) is 9.18 Å². The van der Waals surface area contributed by atoms with Gasteiger partial charge in [-0.25, -0.2) is 4.39 Å². The lowest BCUT2D eigenvalue weighted by Gasteiger charge is -2.15. The first-order valence-corrected chi connectivity index (χ1v) is 12.0. The lowest BCUT2D eigenvalue weighted by Crippen LogP contribution is -2.27. The Bertz CT molecular complexity index is 1240. The van der Waals surface area contributed by atoms with Crippen molar-refractivity contribution >= 4 is 61.9 Å². The molecule has 1 saturated heterocycles. The summed E-state index contributed by atoms with van der Waals surface area (Å²) in [6.45, 7) is 2.25. The van der Waals surface area contributed by atoms with E-state index < -0.39 is 0 Å². The van der Waals surface area contributed by atoms with E-state index in [2.05, 4.69) is 15.9 Å². The standard InChI is InChI=1S/C25H19BrFNO3S2/c1-15-3-9-19(10-4-15)28-24(29)22(33-25(28)32)13-17-11-20(26)23(21(12-17)30-2)31-14-16-5-7-18(27)8-6-16/h3-13H,14H2,1-2H3/b22-13-. The Kier molecular flexibility index (Phi) is 7.17. The molecule has 0 aliphatic carbocycles. The average molecular weight is 544 g/mol. The van der Waals surface area contributed by atoms with Crippen LogP contribution in [0.1, 0.15) is 16.7 Å². The molecule has 1 aliphatic rings. The number of ether oxygens (including phenoxy) is 2. The molecular formula is C25H19BrFNO3S2. The lowest BCUT2D eigenvalue weighted by molar-refractivity contribution is -0.113. The molecule has 0 unspecified atom stereocenters. The van der Waals surface area contributed by atoms with Gasteiger partial charge in [-0.05, 0) is 76.5 Å². The Labute approximate surface area is 209 Å². The van der Waals surface area contributed by atoms with Crippen LogP contribution in [0.3, 0.4) is 0 Å². The molecule has 33 heavy (non-hydrogen) atoms. The van der Waals surface area contributed by atoms with Gasteiger partial charge in [-0.2, -0.15) is 0 Å². The van der Waals surface area contributed by atoms with E-state index in [4.69, 9.17) is 21.7 Å². The number of hydrogen-bond acceptors (Lipinski definition) is 5. The summed E-state index contributed by atoms with van der Waals surface area (Å²) in [6.07, 6.45) is 1.78. The fourth-order valence-corrected chi connectivity index (χ4v) is 5.11. The predicted molar refractivity (Wildman–Crippen MR) is 138 cm³/mol. The van der Waals surface area contributed by atoms with Crippen LogP contribution in [-0.4, -0.2) is 17.3 Å². The number of anilines is 1. The first kappa shape index (κ1) is 23.5. The highest BCUT2D eigenvalue weighted by molar-refractivity contribution is 9.10. The van der Waals surface area contributed by atoms with Gasteiger partial charge in [-0.3, -0.25) is 9.69 Å². The van der Waals surface area contributed by atoms with Gasteiger partial charge in [-0.1, -0.05) is 53.8 Å². The maximum Gasteiger partial charge on any atom is 0.270 e. The quantitative estimate of drug-likeness (QED) is 0.250. The van der Waals surface area contributed by atoms with Crippen LogP contribution < -0.4 is 14.4 Å². The van der Waals surface area contributed by atoms with E-state index in [1.54, 1.807) is 31.4 Å². The summed E-state index contributed by atoms with van der Waals surface area (Å²) in [5.41, 5.74) is 3.44. The van der Waals surface area contributed by atoms with Gasteiger partial charge >= 0.3 is 0 Å². The van der Waals surface area contributed by atoms with E-state index in [1.807, 2.05) is 37.3 Å². The molecule has 3 aromatic carbocycles. The van der Waals surface area contributed by atoms with Crippen LogP contribution in [0.4, 0.5) is 10.1 Å². The Morgan fingerprint density at radius 2 is 1.82 bits per heavy atom. The predicted octanol–water partition coefficient (Wildman–Crippen LogP) is 6.89. The van der Waals surface area contributed by atoms with Crippen LogP contribution >= 0.6 is 39.9 Å². The van der Waals surface area contributed by atoms with Gasteiger partial charge in [0.15, 0.2) is 15.8 Å². The van der Waals surface area contributed by atoms with E-state index >= 15 is 0 Å². The number of thioether (sulfide) groups is 1. The van der Waals surface area contributed by atoms with Crippen LogP contribution in [0, 0.1) is 12.7 Å². The summed E-state index contributed by atoms with van der Waals surface area (Å²) < 4.78 is 25.7. The van der Waals surface area contributed by atoms with Gasteiger partial charge in [0, 0.05) is 0 Å². The van der Waals surface area contributed by atoms with E-state index in [-0.39, 0.29) is 18.3 Å². The molecule has 0 bridgehead atoms. The van der Waals surface area contributed by atoms with Gasteiger partial charge < -0.3 is 9.47 Å². The number of carbonyl (C=O) groups is 1. The van der Waals surface area contributed by atoms with Crippen molar-refractivity contribution in [1.82, 2.24) is 0 Å². The number of halogens is 2. The van der Waals surface area contributed by atoms with Gasteiger partial charge in [0.05, 0.1) is 22.2 Å². The van der Waals surface area contributed by atoms with E-state index in [0.29, 0.717) is 25.2 Å². The van der Waals surface area contributed by atoms with Gasteiger partial charge in [-0.15, -0.1) is 0 Å². The number of methoxy groups -OCH3 is 1. The van der Waals surface area contributed by atoms with Crippen molar-refractivity contribution < 1.29 is 18.7 Å². The minimum Gasteiger partial charge on any atom is -0.493 e. The van der Waals surface area contributed by atoms with Crippen LogP contribution in [0.25, 0.3) is 6.08 Å². The highest BCUT2D eigenvalue weighted by Crippen LogP contribution is 2.40. The Hall–Kier alpha value is -2.68. The third kappa shape index (κ3) is 5.29. The second kappa shape index (κ2) is 10.1. The number of aryl methyl sites for hydroxylation is 1. The number of amides is 1. The number of carbonyl (C=O) groups excluding carboxylic acids is 1. The molecule has 0 saturated carbocycles. The van der Waals surface area contributed by atoms with Crippen LogP contribution in [0.15, 0.2) is 70.0 Å².